The predicted molar refractivity (Wildman–Crippen MR) is 104 cm³/mol. The Balaban J connectivity index is 1.86. The molecule has 0 aromatic heterocycles. The molecule has 0 aromatic carbocycles. The third-order valence-electron chi connectivity index (χ3n) is 8.94. The largest absolute Gasteiger partial charge is 0.469 e. The van der Waals surface area contributed by atoms with Gasteiger partial charge in [-0.3, -0.25) is 4.79 Å². The van der Waals surface area contributed by atoms with Gasteiger partial charge in [0.05, 0.1) is 25.2 Å². The molecule has 5 nitrogen and oxygen atoms in total. The number of hydrogen-bond donors (Lipinski definition) is 3. The molecular formula is C23H32O5. The Hall–Kier alpha value is -1.35. The summed E-state index contributed by atoms with van der Waals surface area (Å²) in [7, 11) is 1.39. The van der Waals surface area contributed by atoms with E-state index in [1.807, 2.05) is 13.0 Å². The maximum absolute atomic E-state index is 12.8. The second kappa shape index (κ2) is 6.32. The molecule has 154 valence electrons. The lowest BCUT2D eigenvalue weighted by Crippen LogP contribution is -2.62. The molecule has 4 rings (SSSR count). The second-order valence-electron chi connectivity index (χ2n) is 10.00. The third kappa shape index (κ3) is 2.41. The minimum atomic E-state index is -1.27. The van der Waals surface area contributed by atoms with Crippen molar-refractivity contribution in [3.8, 4) is 12.3 Å². The molecule has 0 amide bonds. The fraction of sp³-hybridized carbons (Fsp3) is 0.783. The van der Waals surface area contributed by atoms with Crippen LogP contribution in [0.5, 0.6) is 0 Å². The molecule has 4 aliphatic rings. The summed E-state index contributed by atoms with van der Waals surface area (Å²) in [6.45, 7) is 4.15. The van der Waals surface area contributed by atoms with Crippen molar-refractivity contribution in [3.63, 3.8) is 0 Å². The number of methoxy groups -OCH3 is 1. The highest BCUT2D eigenvalue weighted by atomic mass is 16.5. The average molecular weight is 389 g/mol. The van der Waals surface area contributed by atoms with Crippen molar-refractivity contribution in [2.24, 2.45) is 34.5 Å². The number of terminal acetylenes is 1. The molecule has 0 bridgehead atoms. The molecule has 28 heavy (non-hydrogen) atoms. The zero-order valence-corrected chi connectivity index (χ0v) is 17.0. The van der Waals surface area contributed by atoms with Gasteiger partial charge in [-0.1, -0.05) is 31.4 Å². The number of esters is 1. The molecular weight excluding hydrogens is 356 g/mol. The summed E-state index contributed by atoms with van der Waals surface area (Å²) in [5.74, 6) is 1.61. The van der Waals surface area contributed by atoms with Crippen molar-refractivity contribution in [1.29, 1.82) is 0 Å². The van der Waals surface area contributed by atoms with Gasteiger partial charge in [0.2, 0.25) is 0 Å². The summed E-state index contributed by atoms with van der Waals surface area (Å²) in [6, 6.07) is 0. The van der Waals surface area contributed by atoms with Crippen LogP contribution in [0.1, 0.15) is 52.4 Å². The molecule has 0 saturated heterocycles. The molecule has 3 fully saturated rings. The Morgan fingerprint density at radius 1 is 1.29 bits per heavy atom. The predicted octanol–water partition coefficient (Wildman–Crippen LogP) is 2.04. The molecule has 0 radical (unpaired) electrons. The van der Waals surface area contributed by atoms with Gasteiger partial charge >= 0.3 is 5.97 Å². The number of aliphatic hydroxyl groups excluding tert-OH is 2. The maximum Gasteiger partial charge on any atom is 0.312 e. The number of carbonyl (C=O) groups excluding carboxylic acids is 1. The van der Waals surface area contributed by atoms with E-state index in [1.165, 1.54) is 7.11 Å². The van der Waals surface area contributed by atoms with Crippen LogP contribution >= 0.6 is 0 Å². The normalized spacial score (nSPS) is 52.5. The van der Waals surface area contributed by atoms with Crippen molar-refractivity contribution in [2.75, 3.05) is 7.11 Å². The zero-order chi connectivity index (χ0) is 20.5. The van der Waals surface area contributed by atoms with Crippen molar-refractivity contribution in [2.45, 2.75) is 70.2 Å². The SMILES string of the molecule is C#CC1(O)CCC2C3[C@H]([C@H](O)CC21C)C1(C)CCC(O)CC1=C[C@H]3C(=O)OC. The minimum Gasteiger partial charge on any atom is -0.469 e. The Morgan fingerprint density at radius 3 is 2.64 bits per heavy atom. The molecule has 3 saturated carbocycles. The lowest BCUT2D eigenvalue weighted by atomic mass is 9.44. The number of ether oxygens (including phenoxy) is 1. The molecule has 4 aliphatic carbocycles. The van der Waals surface area contributed by atoms with Crippen LogP contribution in [-0.2, 0) is 9.53 Å². The maximum atomic E-state index is 12.8. The van der Waals surface area contributed by atoms with E-state index in [2.05, 4.69) is 12.8 Å². The Labute approximate surface area is 167 Å². The van der Waals surface area contributed by atoms with E-state index in [1.54, 1.807) is 0 Å². The van der Waals surface area contributed by atoms with Crippen LogP contribution in [0.3, 0.4) is 0 Å². The first-order valence-electron chi connectivity index (χ1n) is 10.5. The second-order valence-corrected chi connectivity index (χ2v) is 10.00. The smallest absolute Gasteiger partial charge is 0.312 e. The highest BCUT2D eigenvalue weighted by Crippen LogP contribution is 2.68. The monoisotopic (exact) mass is 388 g/mol. The molecule has 3 N–H and O–H groups in total. The lowest BCUT2D eigenvalue weighted by Gasteiger charge is -2.61. The first kappa shape index (κ1) is 19.9. The molecule has 9 atom stereocenters. The van der Waals surface area contributed by atoms with Crippen LogP contribution in [0, 0.1) is 46.8 Å². The Morgan fingerprint density at radius 2 is 2.00 bits per heavy atom. The van der Waals surface area contributed by atoms with Gasteiger partial charge in [0.1, 0.15) is 5.60 Å². The van der Waals surface area contributed by atoms with Gasteiger partial charge in [-0.15, -0.1) is 6.42 Å². The summed E-state index contributed by atoms with van der Waals surface area (Å²) in [5.41, 5.74) is -1.09. The summed E-state index contributed by atoms with van der Waals surface area (Å²) in [4.78, 5) is 12.8. The zero-order valence-electron chi connectivity index (χ0n) is 17.0. The third-order valence-corrected chi connectivity index (χ3v) is 8.94. The van der Waals surface area contributed by atoms with Gasteiger partial charge < -0.3 is 20.1 Å². The van der Waals surface area contributed by atoms with Crippen LogP contribution in [0.15, 0.2) is 11.6 Å². The highest BCUT2D eigenvalue weighted by Gasteiger charge is 2.68. The van der Waals surface area contributed by atoms with Crippen molar-refractivity contribution >= 4 is 5.97 Å². The first-order valence-corrected chi connectivity index (χ1v) is 10.5. The number of fused-ring (bicyclic) bond motifs is 5. The summed E-state index contributed by atoms with van der Waals surface area (Å²) < 4.78 is 5.14. The van der Waals surface area contributed by atoms with Gasteiger partial charge in [0.25, 0.3) is 0 Å². The van der Waals surface area contributed by atoms with E-state index in [-0.39, 0.29) is 29.1 Å². The Bertz CT molecular complexity index is 753. The van der Waals surface area contributed by atoms with Gasteiger partial charge in [0.15, 0.2) is 0 Å². The van der Waals surface area contributed by atoms with Gasteiger partial charge in [-0.25, -0.2) is 0 Å². The van der Waals surface area contributed by atoms with Crippen molar-refractivity contribution in [1.82, 2.24) is 0 Å². The first-order chi connectivity index (χ1) is 13.1. The van der Waals surface area contributed by atoms with Crippen LogP contribution in [0.4, 0.5) is 0 Å². The molecule has 0 aliphatic heterocycles. The fourth-order valence-electron chi connectivity index (χ4n) is 7.39. The summed E-state index contributed by atoms with van der Waals surface area (Å²) in [6.07, 6.45) is 10.3. The molecule has 0 heterocycles. The van der Waals surface area contributed by atoms with Gasteiger partial charge in [-0.2, -0.15) is 0 Å². The minimum absolute atomic E-state index is 0.0347. The van der Waals surface area contributed by atoms with Crippen LogP contribution in [-0.4, -0.2) is 46.2 Å². The van der Waals surface area contributed by atoms with Crippen LogP contribution < -0.4 is 0 Å². The number of rotatable bonds is 1. The number of carbonyl (C=O) groups is 1. The van der Waals surface area contributed by atoms with Gasteiger partial charge in [-0.05, 0) is 61.7 Å². The number of aliphatic hydroxyl groups is 3. The highest BCUT2D eigenvalue weighted by molar-refractivity contribution is 5.75. The van der Waals surface area contributed by atoms with E-state index in [4.69, 9.17) is 11.2 Å². The molecule has 6 unspecified atom stereocenters. The fourth-order valence-corrected chi connectivity index (χ4v) is 7.39. The summed E-state index contributed by atoms with van der Waals surface area (Å²) in [5, 5.41) is 32.8. The van der Waals surface area contributed by atoms with Gasteiger partial charge in [0, 0.05) is 5.41 Å². The van der Waals surface area contributed by atoms with E-state index >= 15 is 0 Å². The Kier molecular flexibility index (Phi) is 4.50. The van der Waals surface area contributed by atoms with E-state index in [0.717, 1.165) is 18.4 Å². The number of hydrogen-bond acceptors (Lipinski definition) is 5. The topological polar surface area (TPSA) is 87.0 Å². The van der Waals surface area contributed by atoms with Crippen LogP contribution in [0.2, 0.25) is 0 Å². The molecule has 0 spiro atoms. The molecule has 5 heteroatoms. The molecule has 0 aromatic rings. The average Bonchev–Trinajstić information content (AvgIpc) is 2.92. The van der Waals surface area contributed by atoms with Crippen molar-refractivity contribution < 1.29 is 24.9 Å². The van der Waals surface area contributed by atoms with Crippen LogP contribution in [0.25, 0.3) is 0 Å². The van der Waals surface area contributed by atoms with E-state index in [9.17, 15) is 20.1 Å². The van der Waals surface area contributed by atoms with E-state index < -0.39 is 29.1 Å². The summed E-state index contributed by atoms with van der Waals surface area (Å²) >= 11 is 0. The van der Waals surface area contributed by atoms with E-state index in [0.29, 0.717) is 25.7 Å². The standard InChI is InChI=1S/C23H32O5/c1-5-23(27)9-7-16-18-15(20(26)28-4)11-13-10-14(24)6-8-21(13,2)19(18)17(25)12-22(16,23)3/h1,11,14-19,24-25,27H,6-10,12H2,2-4H3/t14?,15-,16?,17-,18?,19+,21?,22?,23?/m1/s1. The van der Waals surface area contributed by atoms with Crippen molar-refractivity contribution in [3.05, 3.63) is 11.6 Å². The lowest BCUT2D eigenvalue weighted by molar-refractivity contribution is -0.176. The quantitative estimate of drug-likeness (QED) is 0.364.